The van der Waals surface area contributed by atoms with Crippen molar-refractivity contribution in [3.63, 3.8) is 0 Å². The maximum absolute atomic E-state index is 11.2. The van der Waals surface area contributed by atoms with Crippen LogP contribution in [0.1, 0.15) is 0 Å². The van der Waals surface area contributed by atoms with Crippen molar-refractivity contribution >= 4 is 79.0 Å². The first kappa shape index (κ1) is 35.3. The van der Waals surface area contributed by atoms with Gasteiger partial charge in [0.2, 0.25) is 0 Å². The van der Waals surface area contributed by atoms with Crippen LogP contribution >= 0.6 is 0 Å². The molecule has 0 aliphatic heterocycles. The molecule has 0 heterocycles. The summed E-state index contributed by atoms with van der Waals surface area (Å²) in [6, 6.07) is 8.65. The Kier molecular flexibility index (Phi) is 12.5. The molecule has 0 bridgehead atoms. The van der Waals surface area contributed by atoms with E-state index in [1.165, 1.54) is 0 Å². The standard InChI is InChI=1S/3C6H5N2O5Si.O.V/c3*9-7(10)4-1-5(8(11)12)3-6(2-4)14-13;;/h3*1-3H,14H2;;/q3*-1;-2;+5. The first-order valence-electron chi connectivity index (χ1n) is 11.2. The molecule has 0 fully saturated rings. The van der Waals surface area contributed by atoms with Crippen molar-refractivity contribution in [3.05, 3.63) is 115 Å². The topological polar surface area (TPSA) is 315 Å². The summed E-state index contributed by atoms with van der Waals surface area (Å²) in [6.07, 6.45) is 0. The molecule has 0 amide bonds. The van der Waals surface area contributed by atoms with Gasteiger partial charge in [0.1, 0.15) is 0 Å². The van der Waals surface area contributed by atoms with E-state index < -0.39 is 109 Å². The molecule has 3 aromatic carbocycles. The predicted molar refractivity (Wildman–Crippen MR) is 148 cm³/mol. The van der Waals surface area contributed by atoms with E-state index in [0.29, 0.717) is 0 Å². The van der Waals surface area contributed by atoms with Crippen molar-refractivity contribution in [3.8, 4) is 0 Å². The summed E-state index contributed by atoms with van der Waals surface area (Å²) in [7, 11) is -6.09. The summed E-state index contributed by atoms with van der Waals surface area (Å²) in [5, 5.41) is 67.7. The number of hydrogen-bond donors (Lipinski definition) is 0. The summed E-state index contributed by atoms with van der Waals surface area (Å²) in [4.78, 5) is 62.3. The number of nitro benzene ring substituents is 6. The molecule has 0 unspecified atom stereocenters. The van der Waals surface area contributed by atoms with E-state index in [2.05, 4.69) is 0 Å². The Morgan fingerprint density at radius 2 is 0.591 bits per heavy atom. The minimum Gasteiger partial charge on any atom is -2.00 e. The molecule has 0 N–H and O–H groups in total. The fourth-order valence-corrected chi connectivity index (χ4v) is 13.5. The van der Waals surface area contributed by atoms with Gasteiger partial charge in [-0.2, -0.15) is 0 Å². The fraction of sp³-hybridized carbons (Fsp3) is 0. The minimum absolute atomic E-state index is 0. The van der Waals surface area contributed by atoms with Gasteiger partial charge in [0.25, 0.3) is 0 Å². The minimum atomic E-state index is -3.40. The molecule has 0 aliphatic carbocycles. The zero-order chi connectivity index (χ0) is 31.8. The monoisotopic (exact) mass is 706 g/mol. The summed E-state index contributed by atoms with van der Waals surface area (Å²) >= 11 is -3.40. The smallest absolute Gasteiger partial charge is 2.00 e. The third kappa shape index (κ3) is 9.86. The average molecular weight is 707 g/mol. The molecule has 3 rings (SSSR count). The molecule has 3 aromatic rings. The number of nitrogens with zero attached hydrogens (tertiary/aromatic N) is 6. The Bertz CT molecular complexity index is 1360. The molecule has 0 spiro atoms. The van der Waals surface area contributed by atoms with Crippen LogP contribution in [0.25, 0.3) is 0 Å². The first-order valence-corrected chi connectivity index (χ1v) is 16.8. The van der Waals surface area contributed by atoms with Gasteiger partial charge in [-0.1, -0.05) is 0 Å². The molecule has 0 atom stereocenters. The molecule has 44 heavy (non-hydrogen) atoms. The third-order valence-corrected chi connectivity index (χ3v) is 13.2. The summed E-state index contributed by atoms with van der Waals surface area (Å²) in [6.45, 7) is 0. The zero-order valence-corrected chi connectivity index (χ0v) is 27.1. The second kappa shape index (κ2) is 15.6. The van der Waals surface area contributed by atoms with Crippen LogP contribution in [0.15, 0.2) is 54.6 Å². The Morgan fingerprint density at radius 3 is 0.750 bits per heavy atom. The van der Waals surface area contributed by atoms with E-state index in [1.807, 2.05) is 0 Å². The van der Waals surface area contributed by atoms with Crippen LogP contribution in [-0.4, -0.2) is 58.8 Å². The van der Waals surface area contributed by atoms with Crippen LogP contribution in [0.3, 0.4) is 0 Å². The molecule has 0 aromatic heterocycles. The Balaban J connectivity index is 0.00000675. The molecular weight excluding hydrogens is 691 g/mol. The maximum atomic E-state index is 11.2. The molecule has 0 saturated carbocycles. The second-order valence-electron chi connectivity index (χ2n) is 8.16. The summed E-state index contributed by atoms with van der Waals surface area (Å²) in [5.41, 5.74) is -3.43. The molecule has 0 radical (unpaired) electrons. The summed E-state index contributed by atoms with van der Waals surface area (Å²) in [5.74, 6) is 0. The van der Waals surface area contributed by atoms with Crippen molar-refractivity contribution in [2.45, 2.75) is 0 Å². The van der Waals surface area contributed by atoms with Gasteiger partial charge in [-0.05, 0) is 0 Å². The molecule has 26 heteroatoms. The van der Waals surface area contributed by atoms with E-state index in [4.69, 9.17) is 10.1 Å². The molecule has 0 saturated heterocycles. The van der Waals surface area contributed by atoms with E-state index in [9.17, 15) is 60.7 Å². The van der Waals surface area contributed by atoms with Crippen molar-refractivity contribution in [2.75, 3.05) is 0 Å². The van der Waals surface area contributed by atoms with Crippen LogP contribution in [0, 0.1) is 60.7 Å². The van der Waals surface area contributed by atoms with Crippen LogP contribution in [0.2, 0.25) is 0 Å². The van der Waals surface area contributed by atoms with Crippen LogP contribution < -0.4 is 15.6 Å². The molecule has 0 aliphatic rings. The normalized spacial score (nSPS) is 11.2. The predicted octanol–water partition coefficient (Wildman–Crippen LogP) is -1.04. The van der Waals surface area contributed by atoms with Crippen LogP contribution in [-0.2, 0) is 31.7 Å². The van der Waals surface area contributed by atoms with Gasteiger partial charge < -0.3 is 5.48 Å². The first-order chi connectivity index (χ1) is 20.2. The van der Waals surface area contributed by atoms with Crippen molar-refractivity contribution in [1.82, 2.24) is 0 Å². The van der Waals surface area contributed by atoms with E-state index >= 15 is 0 Å². The van der Waals surface area contributed by atoms with Crippen LogP contribution in [0.4, 0.5) is 34.1 Å². The maximum Gasteiger partial charge on any atom is -2.00 e. The van der Waals surface area contributed by atoms with Gasteiger partial charge in [-0.3, -0.25) is 0 Å². The summed E-state index contributed by atoms with van der Waals surface area (Å²) < 4.78 is 17.3. The zero-order valence-electron chi connectivity index (χ0n) is 21.5. The number of benzene rings is 3. The molecule has 230 valence electrons. The average Bonchev–Trinajstić information content (AvgIpc) is 2.95. The van der Waals surface area contributed by atoms with Crippen molar-refractivity contribution in [2.24, 2.45) is 0 Å². The number of nitro groups is 6. The van der Waals surface area contributed by atoms with Gasteiger partial charge in [-0.25, -0.2) is 0 Å². The molecular formula is C18H15N6O16Si3V. The van der Waals surface area contributed by atoms with E-state index in [0.717, 1.165) is 54.6 Å². The van der Waals surface area contributed by atoms with E-state index in [-0.39, 0.29) is 21.0 Å². The number of hydrogen-bond acceptors (Lipinski definition) is 15. The van der Waals surface area contributed by atoms with Gasteiger partial charge >= 0.3 is 250 Å². The van der Waals surface area contributed by atoms with Crippen molar-refractivity contribution in [1.29, 1.82) is 0 Å². The molecule has 22 nitrogen and oxygen atoms in total. The Morgan fingerprint density at radius 1 is 0.409 bits per heavy atom. The van der Waals surface area contributed by atoms with Gasteiger partial charge in [0, 0.05) is 0 Å². The Labute approximate surface area is 255 Å². The third-order valence-electron chi connectivity index (χ3n) is 5.16. The number of non-ortho nitro benzene ring substituents is 6. The van der Waals surface area contributed by atoms with E-state index in [1.54, 1.807) is 0 Å². The fourth-order valence-electron chi connectivity index (χ4n) is 3.35. The van der Waals surface area contributed by atoms with Crippen LogP contribution in [0.5, 0.6) is 0 Å². The largest absolute Gasteiger partial charge is 2.00 e. The van der Waals surface area contributed by atoms with Crippen molar-refractivity contribution < 1.29 is 61.3 Å². The van der Waals surface area contributed by atoms with Gasteiger partial charge in [-0.15, -0.1) is 0 Å². The quantitative estimate of drug-likeness (QED) is 0.103. The second-order valence-corrected chi connectivity index (χ2v) is 16.6. The van der Waals surface area contributed by atoms with Gasteiger partial charge in [0.05, 0.1) is 0 Å². The van der Waals surface area contributed by atoms with Gasteiger partial charge in [0.15, 0.2) is 0 Å². The SMILES string of the molecule is O=[N+]([O-])c1cc([SiH2][O][V+2]([O][SiH2]c2cc([N+](=O)[O-])cc([N+](=O)[O-])c2)[O][SiH2]c2cc([N+](=O)[O-])cc([N+](=O)[O-])c2)cc([N+](=O)[O-])c1.[O-2]. The Hall–Kier alpha value is -4.86. The number of rotatable bonds is 15.